The molecule has 1 N–H and O–H groups in total. The Morgan fingerprint density at radius 1 is 0.636 bits per heavy atom. The number of nitrogens with zero attached hydrogens (tertiary/aromatic N) is 4. The topological polar surface area (TPSA) is 325 Å². The second-order valence-electron chi connectivity index (χ2n) is 20.6. The quantitative estimate of drug-likeness (QED) is 0.124. The number of esters is 7. The van der Waals surface area contributed by atoms with Crippen molar-refractivity contribution in [3.63, 3.8) is 0 Å². The first-order valence-electron chi connectivity index (χ1n) is 24.1. The van der Waals surface area contributed by atoms with E-state index < -0.39 is 109 Å². The van der Waals surface area contributed by atoms with E-state index in [2.05, 4.69) is 0 Å². The molecule has 5 aliphatic heterocycles. The maximum absolute atomic E-state index is 15.0. The van der Waals surface area contributed by atoms with Gasteiger partial charge in [0, 0.05) is 127 Å². The number of aliphatic imine (C=N–C) groups is 3. The van der Waals surface area contributed by atoms with Gasteiger partial charge in [0.1, 0.15) is 0 Å². The summed E-state index contributed by atoms with van der Waals surface area (Å²) in [4.78, 5) is 111. The first kappa shape index (κ1) is 71.1. The monoisotopic (exact) mass is 1230 g/mol. The summed E-state index contributed by atoms with van der Waals surface area (Å²) in [5.74, 6) is -6.32. The average molecular weight is 1230 g/mol. The van der Waals surface area contributed by atoms with Gasteiger partial charge < -0.3 is 45.9 Å². The van der Waals surface area contributed by atoms with Gasteiger partial charge in [-0.15, -0.1) is 0 Å². The number of methoxy groups -OCH3 is 7. The van der Waals surface area contributed by atoms with Crippen molar-refractivity contribution >= 4 is 58.9 Å². The normalized spacial score (nSPS) is 28.5. The van der Waals surface area contributed by atoms with Crippen LogP contribution in [0.5, 0.6) is 0 Å². The molecule has 77 heavy (non-hydrogen) atoms. The second kappa shape index (κ2) is 28.0. The summed E-state index contributed by atoms with van der Waals surface area (Å²) in [7, 11) is 4.38. The van der Waals surface area contributed by atoms with Gasteiger partial charge in [-0.2, -0.15) is 19.7 Å². The third-order valence-corrected chi connectivity index (χ3v) is 16.4. The molecule has 25 heteroatoms. The van der Waals surface area contributed by atoms with Crippen LogP contribution in [0.4, 0.5) is 0 Å². The molecule has 2 radical (unpaired) electrons. The van der Waals surface area contributed by atoms with Gasteiger partial charge in [0.25, 0.3) is 0 Å². The summed E-state index contributed by atoms with van der Waals surface area (Å²) in [5.41, 5.74) is -1.97. The van der Waals surface area contributed by atoms with Crippen molar-refractivity contribution in [1.29, 1.82) is 0 Å². The molecule has 0 spiro atoms. The Hall–Kier alpha value is -3.94. The number of hydrogen-bond donors (Lipinski definition) is 1. The Balaban J connectivity index is 0.00000353. The van der Waals surface area contributed by atoms with Crippen molar-refractivity contribution < 1.29 is 145 Å². The third kappa shape index (κ3) is 14.5. The number of hydrogen-bond acceptors (Lipinski definition) is 21. The van der Waals surface area contributed by atoms with E-state index in [1.54, 1.807) is 13.8 Å². The van der Waals surface area contributed by atoms with E-state index in [-0.39, 0.29) is 115 Å². The Bertz CT molecular complexity index is 2450. The molecular weight excluding hydrogens is 1150 g/mol. The van der Waals surface area contributed by atoms with E-state index in [1.807, 2.05) is 47.6 Å². The van der Waals surface area contributed by atoms with E-state index in [0.29, 0.717) is 51.8 Å². The minimum atomic E-state index is -4.69. The molecule has 9 atom stereocenters. The number of ether oxygens (including phenoxy) is 7. The minimum absolute atomic E-state index is 0. The van der Waals surface area contributed by atoms with Gasteiger partial charge in [-0.3, -0.25) is 48.5 Å². The van der Waals surface area contributed by atoms with Gasteiger partial charge in [-0.05, 0) is 69.6 Å². The molecule has 1 fully saturated rings. The van der Waals surface area contributed by atoms with Crippen LogP contribution < -0.4 is 14.0 Å². The Labute approximate surface area is 489 Å². The molecule has 1 unspecified atom stereocenters. The molecule has 0 aromatic rings. The van der Waals surface area contributed by atoms with Crippen molar-refractivity contribution in [2.24, 2.45) is 60.3 Å². The third-order valence-electron chi connectivity index (χ3n) is 16.4. The molecule has 430 valence electrons. The second-order valence-corrected chi connectivity index (χ2v) is 21.4. The standard InChI is InChI=1S/C51H71N4O14.CH3.ClHO4.Co.Y/c1-27-41-30(17-20-36(57)64-10)47(3,4)34(53-41)25-33-29(16-19-35(56)63-9)49(6,26-40(61)68-14)44(52-33)28(2)42-31(18-21-37(58)65-11)50(7,46(62)69-15)51(8,55-42)45-32(24-39(60)67-13)48(5,43(27)54-45)23-22-38(59)66-12;;2-1(3,4)5;;/h25,29-32,45H,16-24,26H2,1-15H3;1H3;(H,2,3,4,5);;/q2*-1;;+2;/t29-,30-,31-,32+,45?,48-,49+,50-,51+;;;;/m1..../s1. The summed E-state index contributed by atoms with van der Waals surface area (Å²) in [5, 5.41) is 5.61. The SMILES string of the molecule is COC(=O)CC[C@@H]1C2=C(C)C3=NC([C@H](CC(=O)OC)[C@@]3(C)CCC(=O)OC)[C@]3(C)[N-]C(=C(C)C4=NC(=CC(=N2)C1(C)C)[C@@H](CCC(=O)OC)[C@]4(C)CC(=O)OC)[C@@H](CCC(=O)OC)[C@]3(C)C(=O)OC.[CH3-].[Co+2].[O-][Cl+3]([O-])([O-])O.[Y]. The number of carbonyl (C=O) groups is 7. The van der Waals surface area contributed by atoms with Crippen LogP contribution >= 0.6 is 0 Å². The Kier molecular flexibility index (Phi) is 25.8. The molecule has 0 aliphatic carbocycles. The zero-order valence-corrected chi connectivity index (χ0v) is 51.6. The van der Waals surface area contributed by atoms with Crippen LogP contribution in [-0.2, 0) is 116 Å². The van der Waals surface area contributed by atoms with Crippen molar-refractivity contribution in [2.45, 2.75) is 131 Å². The molecule has 5 rings (SSSR count). The summed E-state index contributed by atoms with van der Waals surface area (Å²) in [6, 6.07) is -0.996. The maximum atomic E-state index is 15.0. The zero-order chi connectivity index (χ0) is 56.1. The Morgan fingerprint density at radius 3 is 1.56 bits per heavy atom. The summed E-state index contributed by atoms with van der Waals surface area (Å²) in [6.07, 6.45) is 2.09. The van der Waals surface area contributed by atoms with Gasteiger partial charge in [0.05, 0.1) is 82.9 Å². The zero-order valence-electron chi connectivity index (χ0n) is 47.0. The van der Waals surface area contributed by atoms with Crippen LogP contribution in [0.1, 0.15) is 120 Å². The predicted octanol–water partition coefficient (Wildman–Crippen LogP) is 3.25. The van der Waals surface area contributed by atoms with E-state index >= 15 is 0 Å². The van der Waals surface area contributed by atoms with Crippen LogP contribution in [0, 0.1) is 63.0 Å². The number of rotatable bonds is 17. The molecule has 5 heterocycles. The fourth-order valence-electron chi connectivity index (χ4n) is 12.0. The van der Waals surface area contributed by atoms with Gasteiger partial charge >= 0.3 is 58.6 Å². The van der Waals surface area contributed by atoms with Gasteiger partial charge in [-0.1, -0.05) is 40.2 Å². The molecule has 1 saturated heterocycles. The van der Waals surface area contributed by atoms with Gasteiger partial charge in [0.2, 0.25) is 0 Å². The molecule has 0 saturated carbocycles. The average Bonchev–Trinajstić information content (AvgIpc) is 3.97. The number of allylic oxidation sites excluding steroid dienone is 6. The number of fused-ring (bicyclic) bond motifs is 6. The summed E-state index contributed by atoms with van der Waals surface area (Å²) >= 11 is 0. The molecule has 22 nitrogen and oxygen atoms in total. The molecule has 8 bridgehead atoms. The van der Waals surface area contributed by atoms with Crippen molar-refractivity contribution in [3.05, 3.63) is 47.1 Å². The van der Waals surface area contributed by atoms with E-state index in [9.17, 15) is 33.6 Å². The van der Waals surface area contributed by atoms with E-state index in [1.165, 1.54) is 49.8 Å². The van der Waals surface area contributed by atoms with Crippen molar-refractivity contribution in [1.82, 2.24) is 0 Å². The molecule has 0 amide bonds. The van der Waals surface area contributed by atoms with Crippen LogP contribution in [-0.4, -0.2) is 125 Å². The maximum Gasteiger partial charge on any atom is 2.00 e. The van der Waals surface area contributed by atoms with Crippen LogP contribution in [0.3, 0.4) is 0 Å². The molecule has 0 aromatic carbocycles. The summed E-state index contributed by atoms with van der Waals surface area (Å²) < 4.78 is 69.6. The fraction of sp³-hybridized carbons (Fsp3) is 0.673. The largest absolute Gasteiger partial charge is 2.00 e. The number of halogens is 1. The smallest absolute Gasteiger partial charge is 0.680 e. The molecular formula is C52H75ClCoN4O18Y. The molecule has 5 aliphatic rings. The minimum Gasteiger partial charge on any atom is -0.680 e. The van der Waals surface area contributed by atoms with Crippen molar-refractivity contribution in [2.75, 3.05) is 49.8 Å². The Morgan fingerprint density at radius 2 is 1.09 bits per heavy atom. The number of carbonyl (C=O) groups excluding carboxylic acids is 7. The van der Waals surface area contributed by atoms with Crippen LogP contribution in [0.25, 0.3) is 5.32 Å². The van der Waals surface area contributed by atoms with E-state index in [4.69, 9.17) is 72.1 Å². The first-order valence-corrected chi connectivity index (χ1v) is 25.4. The molecule has 0 aromatic heterocycles. The van der Waals surface area contributed by atoms with E-state index in [0.717, 1.165) is 0 Å². The van der Waals surface area contributed by atoms with Crippen LogP contribution in [0.15, 0.2) is 49.3 Å². The predicted molar refractivity (Wildman–Crippen MR) is 262 cm³/mol. The van der Waals surface area contributed by atoms with Crippen molar-refractivity contribution in [3.8, 4) is 0 Å². The fourth-order valence-corrected chi connectivity index (χ4v) is 12.0. The summed E-state index contributed by atoms with van der Waals surface area (Å²) in [6.45, 7) is 15.1. The van der Waals surface area contributed by atoms with Crippen LogP contribution in [0.2, 0.25) is 0 Å². The van der Waals surface area contributed by atoms with Gasteiger partial charge in [0.15, 0.2) is 0 Å². The van der Waals surface area contributed by atoms with Gasteiger partial charge in [-0.25, -0.2) is 0 Å². The first-order chi connectivity index (χ1) is 34.3.